The molecule has 0 amide bonds. The molecule has 0 aromatic heterocycles. The zero-order chi connectivity index (χ0) is 43.3. The van der Waals surface area contributed by atoms with E-state index in [2.05, 4.69) is 255 Å². The van der Waals surface area contributed by atoms with Gasteiger partial charge in [-0.05, 0) is 131 Å². The number of hydrogen-bond acceptors (Lipinski definition) is 1. The SMILES string of the molecule is CC1(C)c2ccccc2-c2ccc(N(c3ccc4c(c3)C3(c5ccccc5-c5ccccc53)c3ccccc3-4)c3ccc(-c4ccccc4)cc3-c3ccc(-c4ccccc4)cc3)cc21. The second kappa shape index (κ2) is 14.3. The first-order chi connectivity index (χ1) is 32.0. The van der Waals surface area contributed by atoms with Gasteiger partial charge in [-0.1, -0.05) is 214 Å². The number of fused-ring (bicyclic) bond motifs is 13. The summed E-state index contributed by atoms with van der Waals surface area (Å²) < 4.78 is 0. The van der Waals surface area contributed by atoms with Gasteiger partial charge in [0, 0.05) is 22.4 Å². The molecule has 0 saturated carbocycles. The number of anilines is 3. The standard InChI is InChI=1S/C64H45N/c1-63(2)56-25-13-9-21-49(56)53-36-34-47(40-60(53)63)65(62-38-33-46(43-19-7-4-8-20-43)39-55(62)45-31-29-44(30-32-45)42-17-5-3-6-18-42)48-35-37-54-52-24-12-16-28-59(52)64(61(54)41-48)57-26-14-10-22-50(57)51-23-11-15-27-58(51)64/h3-41H,1-2H3. The third-order valence-corrected chi connectivity index (χ3v) is 14.7. The molecule has 0 bridgehead atoms. The summed E-state index contributed by atoms with van der Waals surface area (Å²) in [5.74, 6) is 0. The van der Waals surface area contributed by atoms with Crippen LogP contribution in [-0.4, -0.2) is 0 Å². The monoisotopic (exact) mass is 827 g/mol. The Hall–Kier alpha value is -8.00. The van der Waals surface area contributed by atoms with Crippen LogP contribution < -0.4 is 4.90 Å². The molecule has 1 spiro atoms. The second-order valence-electron chi connectivity index (χ2n) is 18.4. The van der Waals surface area contributed by atoms with Crippen LogP contribution in [0.15, 0.2) is 237 Å². The van der Waals surface area contributed by atoms with Gasteiger partial charge < -0.3 is 4.90 Å². The minimum Gasteiger partial charge on any atom is -0.310 e. The third-order valence-electron chi connectivity index (χ3n) is 14.7. The van der Waals surface area contributed by atoms with E-state index in [1.54, 1.807) is 0 Å². The lowest BCUT2D eigenvalue weighted by molar-refractivity contribution is 0.660. The molecule has 0 N–H and O–H groups in total. The molecule has 0 radical (unpaired) electrons. The van der Waals surface area contributed by atoms with Gasteiger partial charge in [-0.25, -0.2) is 0 Å². The van der Waals surface area contributed by atoms with Crippen molar-refractivity contribution in [2.45, 2.75) is 24.7 Å². The maximum Gasteiger partial charge on any atom is 0.0726 e. The summed E-state index contributed by atoms with van der Waals surface area (Å²) in [6, 6.07) is 88.4. The fraction of sp³-hybridized carbons (Fsp3) is 0.0625. The van der Waals surface area contributed by atoms with E-state index in [1.807, 2.05) is 0 Å². The van der Waals surface area contributed by atoms with Gasteiger partial charge in [0.05, 0.1) is 11.1 Å². The summed E-state index contributed by atoms with van der Waals surface area (Å²) in [6.07, 6.45) is 0. The maximum absolute atomic E-state index is 2.54. The Kier molecular flexibility index (Phi) is 8.24. The van der Waals surface area contributed by atoms with Crippen LogP contribution in [0.25, 0.3) is 66.8 Å². The molecule has 65 heavy (non-hydrogen) atoms. The first-order valence-electron chi connectivity index (χ1n) is 22.8. The first-order valence-corrected chi connectivity index (χ1v) is 22.8. The largest absolute Gasteiger partial charge is 0.310 e. The molecule has 0 unspecified atom stereocenters. The molecule has 1 nitrogen and oxygen atoms in total. The third kappa shape index (κ3) is 5.46. The normalized spacial score (nSPS) is 13.9. The molecular formula is C64H45N. The highest BCUT2D eigenvalue weighted by Crippen LogP contribution is 2.63. The van der Waals surface area contributed by atoms with Crippen molar-refractivity contribution < 1.29 is 0 Å². The van der Waals surface area contributed by atoms with Crippen molar-refractivity contribution in [3.8, 4) is 66.8 Å². The van der Waals surface area contributed by atoms with Crippen LogP contribution in [0.4, 0.5) is 17.1 Å². The van der Waals surface area contributed by atoms with Crippen molar-refractivity contribution >= 4 is 17.1 Å². The molecule has 10 aromatic rings. The van der Waals surface area contributed by atoms with Crippen molar-refractivity contribution in [1.29, 1.82) is 0 Å². The van der Waals surface area contributed by atoms with Crippen molar-refractivity contribution in [3.63, 3.8) is 0 Å². The Bertz CT molecular complexity index is 3440. The molecular weight excluding hydrogens is 783 g/mol. The van der Waals surface area contributed by atoms with Gasteiger partial charge >= 0.3 is 0 Å². The zero-order valence-electron chi connectivity index (χ0n) is 36.5. The van der Waals surface area contributed by atoms with Gasteiger partial charge in [-0.15, -0.1) is 0 Å². The molecule has 0 saturated heterocycles. The van der Waals surface area contributed by atoms with Crippen molar-refractivity contribution in [2.24, 2.45) is 0 Å². The van der Waals surface area contributed by atoms with E-state index in [0.717, 1.165) is 17.1 Å². The summed E-state index contributed by atoms with van der Waals surface area (Å²) in [5, 5.41) is 0. The number of nitrogens with zero attached hydrogens (tertiary/aromatic N) is 1. The summed E-state index contributed by atoms with van der Waals surface area (Å²) in [6.45, 7) is 4.76. The molecule has 0 aliphatic heterocycles. The number of rotatable bonds is 6. The predicted octanol–water partition coefficient (Wildman–Crippen LogP) is 16.8. The number of benzene rings is 10. The highest BCUT2D eigenvalue weighted by atomic mass is 15.1. The Labute approximate surface area is 381 Å². The quantitative estimate of drug-likeness (QED) is 0.161. The topological polar surface area (TPSA) is 3.24 Å². The van der Waals surface area contributed by atoms with Crippen LogP contribution in [0.3, 0.4) is 0 Å². The van der Waals surface area contributed by atoms with E-state index in [0.29, 0.717) is 0 Å². The average Bonchev–Trinajstić information content (AvgIpc) is 3.93. The maximum atomic E-state index is 2.54. The molecule has 1 heteroatoms. The fourth-order valence-corrected chi connectivity index (χ4v) is 11.7. The molecule has 0 heterocycles. The lowest BCUT2D eigenvalue weighted by Crippen LogP contribution is -2.26. The van der Waals surface area contributed by atoms with Gasteiger partial charge in [0.15, 0.2) is 0 Å². The Morgan fingerprint density at radius 2 is 0.646 bits per heavy atom. The highest BCUT2D eigenvalue weighted by molar-refractivity contribution is 5.98. The Morgan fingerprint density at radius 3 is 1.20 bits per heavy atom. The molecule has 13 rings (SSSR count). The second-order valence-corrected chi connectivity index (χ2v) is 18.4. The molecule has 0 atom stereocenters. The summed E-state index contributed by atoms with van der Waals surface area (Å²) in [4.78, 5) is 2.54. The minimum atomic E-state index is -0.463. The van der Waals surface area contributed by atoms with Crippen LogP contribution in [0.1, 0.15) is 47.2 Å². The van der Waals surface area contributed by atoms with E-state index < -0.39 is 5.41 Å². The molecule has 3 aliphatic rings. The molecule has 0 fully saturated rings. The van der Waals surface area contributed by atoms with E-state index in [9.17, 15) is 0 Å². The smallest absolute Gasteiger partial charge is 0.0726 e. The Morgan fingerprint density at radius 1 is 0.262 bits per heavy atom. The van der Waals surface area contributed by atoms with Gasteiger partial charge in [0.25, 0.3) is 0 Å². The summed E-state index contributed by atoms with van der Waals surface area (Å²) in [7, 11) is 0. The summed E-state index contributed by atoms with van der Waals surface area (Å²) >= 11 is 0. The van der Waals surface area contributed by atoms with Crippen molar-refractivity contribution in [1.82, 2.24) is 0 Å². The van der Waals surface area contributed by atoms with Gasteiger partial charge in [0.1, 0.15) is 0 Å². The van der Waals surface area contributed by atoms with Gasteiger partial charge in [0.2, 0.25) is 0 Å². The lowest BCUT2D eigenvalue weighted by atomic mass is 9.70. The predicted molar refractivity (Wildman–Crippen MR) is 271 cm³/mol. The zero-order valence-corrected chi connectivity index (χ0v) is 36.5. The van der Waals surface area contributed by atoms with E-state index in [1.165, 1.54) is 100 Å². The van der Waals surface area contributed by atoms with E-state index in [-0.39, 0.29) is 5.41 Å². The first kappa shape index (κ1) is 37.5. The molecule has 306 valence electrons. The minimum absolute atomic E-state index is 0.165. The Balaban J connectivity index is 1.08. The summed E-state index contributed by atoms with van der Waals surface area (Å²) in [5.41, 5.74) is 25.8. The van der Waals surface area contributed by atoms with Gasteiger partial charge in [-0.3, -0.25) is 0 Å². The highest BCUT2D eigenvalue weighted by Gasteiger charge is 2.51. The van der Waals surface area contributed by atoms with Crippen LogP contribution in [0.5, 0.6) is 0 Å². The van der Waals surface area contributed by atoms with Crippen LogP contribution in [0, 0.1) is 0 Å². The van der Waals surface area contributed by atoms with Crippen LogP contribution >= 0.6 is 0 Å². The van der Waals surface area contributed by atoms with Gasteiger partial charge in [-0.2, -0.15) is 0 Å². The molecule has 10 aromatic carbocycles. The fourth-order valence-electron chi connectivity index (χ4n) is 11.7. The van der Waals surface area contributed by atoms with Crippen LogP contribution in [-0.2, 0) is 10.8 Å². The number of hydrogen-bond donors (Lipinski definition) is 0. The molecule has 3 aliphatic carbocycles. The van der Waals surface area contributed by atoms with Crippen molar-refractivity contribution in [3.05, 3.63) is 270 Å². The average molecular weight is 828 g/mol. The van der Waals surface area contributed by atoms with Crippen molar-refractivity contribution in [2.75, 3.05) is 4.90 Å². The lowest BCUT2D eigenvalue weighted by Gasteiger charge is -2.33. The van der Waals surface area contributed by atoms with Crippen LogP contribution in [0.2, 0.25) is 0 Å². The van der Waals surface area contributed by atoms with E-state index in [4.69, 9.17) is 0 Å². The van der Waals surface area contributed by atoms with E-state index >= 15 is 0 Å².